The number of pyridine rings is 2. The van der Waals surface area contributed by atoms with Crippen molar-refractivity contribution in [2.75, 3.05) is 5.32 Å². The van der Waals surface area contributed by atoms with E-state index in [2.05, 4.69) is 15.3 Å². The molecule has 5 heteroatoms. The van der Waals surface area contributed by atoms with Crippen molar-refractivity contribution >= 4 is 17.5 Å². The first-order valence-corrected chi connectivity index (χ1v) is 4.63. The largest absolute Gasteiger partial charge is 0.477 e. The van der Waals surface area contributed by atoms with Gasteiger partial charge in [0.2, 0.25) is 0 Å². The van der Waals surface area contributed by atoms with Gasteiger partial charge in [0.25, 0.3) is 0 Å². The number of anilines is 2. The molecule has 0 aliphatic heterocycles. The number of aromatic nitrogens is 2. The fraction of sp³-hybridized carbons (Fsp3) is 0. The highest BCUT2D eigenvalue weighted by atomic mass is 16.4. The third kappa shape index (κ3) is 2.33. The lowest BCUT2D eigenvalue weighted by atomic mass is 10.3. The van der Waals surface area contributed by atoms with Crippen molar-refractivity contribution in [3.8, 4) is 0 Å². The van der Waals surface area contributed by atoms with Crippen molar-refractivity contribution in [3.05, 3.63) is 48.4 Å². The number of hydrogen-bond donors (Lipinski definition) is 2. The van der Waals surface area contributed by atoms with Crippen molar-refractivity contribution in [3.63, 3.8) is 0 Å². The molecule has 0 unspecified atom stereocenters. The molecular weight excluding hydrogens is 206 g/mol. The maximum Gasteiger partial charge on any atom is 0.354 e. The van der Waals surface area contributed by atoms with Gasteiger partial charge in [-0.2, -0.15) is 0 Å². The summed E-state index contributed by atoms with van der Waals surface area (Å²) in [5, 5.41) is 11.7. The number of carboxylic acids is 1. The van der Waals surface area contributed by atoms with Gasteiger partial charge in [-0.05, 0) is 24.3 Å². The lowest BCUT2D eigenvalue weighted by Gasteiger charge is -2.04. The van der Waals surface area contributed by atoms with Gasteiger partial charge in [-0.25, -0.2) is 9.78 Å². The first-order valence-electron chi connectivity index (χ1n) is 4.63. The minimum absolute atomic E-state index is 0.00823. The third-order valence-corrected chi connectivity index (χ3v) is 1.90. The molecule has 16 heavy (non-hydrogen) atoms. The molecule has 2 N–H and O–H groups in total. The molecule has 0 spiro atoms. The first kappa shape index (κ1) is 10.1. The predicted octanol–water partition coefficient (Wildman–Crippen LogP) is 1.92. The molecule has 2 heterocycles. The second kappa shape index (κ2) is 4.39. The van der Waals surface area contributed by atoms with Gasteiger partial charge in [0.15, 0.2) is 5.69 Å². The molecule has 0 amide bonds. The van der Waals surface area contributed by atoms with Crippen molar-refractivity contribution in [1.82, 2.24) is 9.97 Å². The van der Waals surface area contributed by atoms with E-state index in [9.17, 15) is 4.79 Å². The van der Waals surface area contributed by atoms with E-state index in [0.29, 0.717) is 5.82 Å². The highest BCUT2D eigenvalue weighted by Crippen LogP contribution is 2.12. The maximum absolute atomic E-state index is 10.7. The number of nitrogens with zero attached hydrogens (tertiary/aromatic N) is 2. The summed E-state index contributed by atoms with van der Waals surface area (Å²) in [6, 6.07) is 8.37. The average molecular weight is 215 g/mol. The number of rotatable bonds is 3. The van der Waals surface area contributed by atoms with Crippen LogP contribution in [0.1, 0.15) is 10.5 Å². The Morgan fingerprint density at radius 1 is 1.25 bits per heavy atom. The van der Waals surface area contributed by atoms with Crippen LogP contribution in [0.15, 0.2) is 42.7 Å². The second-order valence-electron chi connectivity index (χ2n) is 3.08. The van der Waals surface area contributed by atoms with Gasteiger partial charge < -0.3 is 10.4 Å². The molecule has 0 aliphatic rings. The Bertz CT molecular complexity index is 500. The van der Waals surface area contributed by atoms with Gasteiger partial charge in [0.05, 0.1) is 11.9 Å². The molecule has 0 aliphatic carbocycles. The number of carbonyl (C=O) groups is 1. The van der Waals surface area contributed by atoms with Crippen molar-refractivity contribution in [2.24, 2.45) is 0 Å². The normalized spacial score (nSPS) is 9.75. The predicted molar refractivity (Wildman–Crippen MR) is 58.7 cm³/mol. The zero-order chi connectivity index (χ0) is 11.4. The quantitative estimate of drug-likeness (QED) is 0.818. The summed E-state index contributed by atoms with van der Waals surface area (Å²) in [6.45, 7) is 0. The van der Waals surface area contributed by atoms with Crippen LogP contribution in [0.4, 0.5) is 11.5 Å². The van der Waals surface area contributed by atoms with Crippen LogP contribution < -0.4 is 5.32 Å². The van der Waals surface area contributed by atoms with Gasteiger partial charge in [-0.15, -0.1) is 0 Å². The maximum atomic E-state index is 10.7. The second-order valence-corrected chi connectivity index (χ2v) is 3.08. The Labute approximate surface area is 91.8 Å². The van der Waals surface area contributed by atoms with E-state index in [4.69, 9.17) is 5.11 Å². The fourth-order valence-electron chi connectivity index (χ4n) is 1.21. The molecule has 0 saturated carbocycles. The summed E-state index contributed by atoms with van der Waals surface area (Å²) in [5.41, 5.74) is 0.770. The van der Waals surface area contributed by atoms with Gasteiger partial charge in [0, 0.05) is 6.20 Å². The molecule has 0 atom stereocenters. The first-order chi connectivity index (χ1) is 7.75. The van der Waals surface area contributed by atoms with Crippen LogP contribution in [0.3, 0.4) is 0 Å². The van der Waals surface area contributed by atoms with Gasteiger partial charge in [0.1, 0.15) is 5.82 Å². The standard InChI is InChI=1S/C11H9N3O2/c15-11(16)9-4-1-5-10(14-9)13-8-3-2-6-12-7-8/h1-7H,(H,13,14)(H,15,16). The summed E-state index contributed by atoms with van der Waals surface area (Å²) in [7, 11) is 0. The van der Waals surface area contributed by atoms with Crippen molar-refractivity contribution in [1.29, 1.82) is 0 Å². The number of nitrogens with one attached hydrogen (secondary N) is 1. The molecule has 0 fully saturated rings. The molecular formula is C11H9N3O2. The number of hydrogen-bond acceptors (Lipinski definition) is 4. The Morgan fingerprint density at radius 2 is 2.12 bits per heavy atom. The number of carboxylic acid groups (broad SMARTS) is 1. The molecule has 2 aromatic rings. The van der Waals surface area contributed by atoms with E-state index in [1.807, 2.05) is 6.07 Å². The van der Waals surface area contributed by atoms with Gasteiger partial charge >= 0.3 is 5.97 Å². The molecule has 0 radical (unpaired) electrons. The minimum Gasteiger partial charge on any atom is -0.477 e. The minimum atomic E-state index is -1.05. The molecule has 5 nitrogen and oxygen atoms in total. The Hall–Kier alpha value is -2.43. The Morgan fingerprint density at radius 3 is 2.81 bits per heavy atom. The van der Waals surface area contributed by atoms with Gasteiger partial charge in [-0.3, -0.25) is 4.98 Å². The van der Waals surface area contributed by atoms with E-state index in [1.165, 1.54) is 6.07 Å². The lowest BCUT2D eigenvalue weighted by Crippen LogP contribution is -2.02. The third-order valence-electron chi connectivity index (χ3n) is 1.90. The van der Waals surface area contributed by atoms with Crippen molar-refractivity contribution < 1.29 is 9.90 Å². The summed E-state index contributed by atoms with van der Waals surface area (Å²) >= 11 is 0. The van der Waals surface area contributed by atoms with Crippen LogP contribution in [-0.2, 0) is 0 Å². The van der Waals surface area contributed by atoms with E-state index in [-0.39, 0.29) is 5.69 Å². The van der Waals surface area contributed by atoms with Crippen LogP contribution in [0, 0.1) is 0 Å². The van der Waals surface area contributed by atoms with E-state index in [0.717, 1.165) is 5.69 Å². The Balaban J connectivity index is 2.22. The fourth-order valence-corrected chi connectivity index (χ4v) is 1.21. The van der Waals surface area contributed by atoms with Crippen LogP contribution >= 0.6 is 0 Å². The lowest BCUT2D eigenvalue weighted by molar-refractivity contribution is 0.0690. The molecule has 0 bridgehead atoms. The molecule has 0 saturated heterocycles. The summed E-state index contributed by atoms with van der Waals surface area (Å²) in [4.78, 5) is 18.6. The van der Waals surface area contributed by atoms with E-state index >= 15 is 0 Å². The highest BCUT2D eigenvalue weighted by Gasteiger charge is 2.04. The molecule has 2 rings (SSSR count). The van der Waals surface area contributed by atoms with Crippen molar-refractivity contribution in [2.45, 2.75) is 0 Å². The van der Waals surface area contributed by atoms with Crippen LogP contribution in [0.5, 0.6) is 0 Å². The smallest absolute Gasteiger partial charge is 0.354 e. The SMILES string of the molecule is O=C(O)c1cccc(Nc2cccnc2)n1. The van der Waals surface area contributed by atoms with E-state index in [1.54, 1.807) is 30.6 Å². The summed E-state index contributed by atoms with van der Waals surface area (Å²) < 4.78 is 0. The molecule has 80 valence electrons. The monoisotopic (exact) mass is 215 g/mol. The Kier molecular flexibility index (Phi) is 2.77. The topological polar surface area (TPSA) is 75.1 Å². The average Bonchev–Trinajstić information content (AvgIpc) is 2.30. The van der Waals surface area contributed by atoms with Crippen LogP contribution in [0.2, 0.25) is 0 Å². The zero-order valence-corrected chi connectivity index (χ0v) is 8.29. The van der Waals surface area contributed by atoms with Crippen LogP contribution in [-0.4, -0.2) is 21.0 Å². The van der Waals surface area contributed by atoms with Crippen LogP contribution in [0.25, 0.3) is 0 Å². The summed E-state index contributed by atoms with van der Waals surface area (Å²) in [5.74, 6) is -0.567. The van der Waals surface area contributed by atoms with E-state index < -0.39 is 5.97 Å². The molecule has 2 aromatic heterocycles. The summed E-state index contributed by atoms with van der Waals surface area (Å²) in [6.07, 6.45) is 3.29. The molecule has 0 aromatic carbocycles. The highest BCUT2D eigenvalue weighted by molar-refractivity contribution is 5.85. The zero-order valence-electron chi connectivity index (χ0n) is 8.29. The van der Waals surface area contributed by atoms with Gasteiger partial charge in [-0.1, -0.05) is 6.07 Å². The number of aromatic carboxylic acids is 1.